The van der Waals surface area contributed by atoms with Gasteiger partial charge in [-0.2, -0.15) is 18.3 Å². The van der Waals surface area contributed by atoms with Crippen molar-refractivity contribution in [1.29, 1.82) is 0 Å². The van der Waals surface area contributed by atoms with Gasteiger partial charge in [-0.3, -0.25) is 4.68 Å². The smallest absolute Gasteiger partial charge is 0.389 e. The highest BCUT2D eigenvalue weighted by molar-refractivity contribution is 5.79. The monoisotopic (exact) mass is 479 g/mol. The van der Waals surface area contributed by atoms with Crippen LogP contribution in [0.15, 0.2) is 24.7 Å². The summed E-state index contributed by atoms with van der Waals surface area (Å²) >= 11 is 0. The molecule has 2 aromatic rings. The largest absolute Gasteiger partial charge is 0.405 e. The number of carbonyl (C=O) groups excluding carboxylic acids is 1. The molecular weight excluding hydrogens is 451 g/mol. The highest BCUT2D eigenvalue weighted by atomic mass is 19.4. The molecule has 9 nitrogen and oxygen atoms in total. The minimum absolute atomic E-state index is 0.177. The maximum atomic E-state index is 12.5. The highest BCUT2D eigenvalue weighted by Crippen LogP contribution is 2.39. The number of carbonyl (C=O) groups is 1. The number of rotatable bonds is 6. The Morgan fingerprint density at radius 3 is 2.71 bits per heavy atom. The van der Waals surface area contributed by atoms with Crippen molar-refractivity contribution in [3.63, 3.8) is 0 Å². The Morgan fingerprint density at radius 2 is 2.03 bits per heavy atom. The Balaban J connectivity index is 1.49. The lowest BCUT2D eigenvalue weighted by Crippen LogP contribution is -2.50. The van der Waals surface area contributed by atoms with Crippen LogP contribution in [0.1, 0.15) is 44.4 Å². The summed E-state index contributed by atoms with van der Waals surface area (Å²) in [5.74, 6) is 0.377. The first kappa shape index (κ1) is 24.0. The second-order valence-corrected chi connectivity index (χ2v) is 9.46. The molecule has 1 fully saturated rings. The lowest BCUT2D eigenvalue weighted by Gasteiger charge is -2.34. The van der Waals surface area contributed by atoms with Crippen LogP contribution in [0.4, 0.5) is 29.6 Å². The number of hydrogen-bond acceptors (Lipinski definition) is 6. The molecule has 12 heteroatoms. The van der Waals surface area contributed by atoms with Crippen LogP contribution in [-0.2, 0) is 6.54 Å². The molecule has 2 aromatic heterocycles. The number of aromatic nitrogens is 4. The number of aryl methyl sites for hydroxylation is 1. The summed E-state index contributed by atoms with van der Waals surface area (Å²) in [5, 5.41) is 19.3. The third kappa shape index (κ3) is 5.66. The van der Waals surface area contributed by atoms with Gasteiger partial charge in [-0.05, 0) is 51.2 Å². The number of amides is 2. The van der Waals surface area contributed by atoms with E-state index in [0.717, 1.165) is 23.3 Å². The van der Waals surface area contributed by atoms with Gasteiger partial charge in [0.15, 0.2) is 0 Å². The van der Waals surface area contributed by atoms with Crippen LogP contribution in [0, 0.1) is 6.92 Å². The number of fused-ring (bicyclic) bond motifs is 2. The van der Waals surface area contributed by atoms with Crippen LogP contribution in [-0.4, -0.2) is 66.2 Å². The summed E-state index contributed by atoms with van der Waals surface area (Å²) in [4.78, 5) is 22.9. The van der Waals surface area contributed by atoms with Gasteiger partial charge >= 0.3 is 12.2 Å². The molecule has 0 aromatic carbocycles. The van der Waals surface area contributed by atoms with E-state index in [2.05, 4.69) is 20.4 Å². The minimum Gasteiger partial charge on any atom is -0.389 e. The molecule has 2 bridgehead atoms. The van der Waals surface area contributed by atoms with Crippen LogP contribution in [0.2, 0.25) is 0 Å². The Hall–Kier alpha value is -3.15. The molecular formula is C22H28F3N7O2. The van der Waals surface area contributed by atoms with Gasteiger partial charge in [0, 0.05) is 18.4 Å². The van der Waals surface area contributed by atoms with E-state index in [1.165, 1.54) is 4.90 Å². The molecule has 0 aliphatic carbocycles. The van der Waals surface area contributed by atoms with Gasteiger partial charge < -0.3 is 20.6 Å². The summed E-state index contributed by atoms with van der Waals surface area (Å²) in [7, 11) is 0. The molecule has 3 N–H and O–H groups in total. The summed E-state index contributed by atoms with van der Waals surface area (Å²) in [5.41, 5.74) is 2.33. The zero-order valence-electron chi connectivity index (χ0n) is 19.2. The first-order valence-electron chi connectivity index (χ1n) is 11.1. The predicted octanol–water partition coefficient (Wildman–Crippen LogP) is 3.39. The number of halogens is 3. The van der Waals surface area contributed by atoms with E-state index in [1.54, 1.807) is 37.1 Å². The molecule has 0 spiro atoms. The summed E-state index contributed by atoms with van der Waals surface area (Å²) in [6.07, 6.45) is 4.48. The van der Waals surface area contributed by atoms with E-state index >= 15 is 0 Å². The molecule has 2 amide bonds. The Bertz CT molecular complexity index is 1090. The number of hydrogen-bond donors (Lipinski definition) is 3. The van der Waals surface area contributed by atoms with E-state index < -0.39 is 24.4 Å². The van der Waals surface area contributed by atoms with Crippen LogP contribution < -0.4 is 10.6 Å². The minimum atomic E-state index is -4.45. The highest BCUT2D eigenvalue weighted by Gasteiger charge is 2.41. The van der Waals surface area contributed by atoms with Crippen LogP contribution in [0.25, 0.3) is 5.57 Å². The van der Waals surface area contributed by atoms with Crippen molar-refractivity contribution < 1.29 is 23.1 Å². The summed E-state index contributed by atoms with van der Waals surface area (Å²) in [6, 6.07) is -1.14. The second-order valence-electron chi connectivity index (χ2n) is 9.46. The fourth-order valence-electron chi connectivity index (χ4n) is 4.46. The maximum Gasteiger partial charge on any atom is 0.405 e. The number of alkyl halides is 3. The van der Waals surface area contributed by atoms with Crippen molar-refractivity contribution in [3.05, 3.63) is 35.9 Å². The number of urea groups is 1. The van der Waals surface area contributed by atoms with E-state index in [-0.39, 0.29) is 12.1 Å². The quantitative estimate of drug-likeness (QED) is 0.586. The SMILES string of the molecule is Cc1cnc(Nc2cnn(CC(C)(C)O)c2)nc1C1=CC2CCC(C1)N2C(=O)NCC(F)(F)F. The summed E-state index contributed by atoms with van der Waals surface area (Å²) < 4.78 is 39.1. The topological polar surface area (TPSA) is 108 Å². The molecule has 4 rings (SSSR count). The first-order chi connectivity index (χ1) is 15.9. The lowest BCUT2D eigenvalue weighted by atomic mass is 9.96. The van der Waals surface area contributed by atoms with Crippen molar-refractivity contribution in [2.24, 2.45) is 0 Å². The van der Waals surface area contributed by atoms with Gasteiger partial charge in [0.25, 0.3) is 0 Å². The Labute approximate surface area is 195 Å². The van der Waals surface area contributed by atoms with E-state index in [4.69, 9.17) is 0 Å². The maximum absolute atomic E-state index is 12.5. The van der Waals surface area contributed by atoms with Crippen molar-refractivity contribution in [3.8, 4) is 0 Å². The van der Waals surface area contributed by atoms with E-state index in [9.17, 15) is 23.1 Å². The molecule has 4 heterocycles. The average Bonchev–Trinajstić information content (AvgIpc) is 3.26. The van der Waals surface area contributed by atoms with Crippen LogP contribution in [0.5, 0.6) is 0 Å². The van der Waals surface area contributed by atoms with E-state index in [0.29, 0.717) is 31.0 Å². The van der Waals surface area contributed by atoms with Gasteiger partial charge in [0.1, 0.15) is 6.54 Å². The molecule has 184 valence electrons. The molecule has 2 atom stereocenters. The Morgan fingerprint density at radius 1 is 1.26 bits per heavy atom. The molecule has 2 aliphatic heterocycles. The molecule has 0 radical (unpaired) electrons. The number of anilines is 2. The van der Waals surface area contributed by atoms with E-state index in [1.807, 2.05) is 18.3 Å². The van der Waals surface area contributed by atoms with Gasteiger partial charge in [0.2, 0.25) is 5.95 Å². The molecule has 0 saturated carbocycles. The van der Waals surface area contributed by atoms with Gasteiger partial charge in [-0.1, -0.05) is 6.08 Å². The third-order valence-corrected chi connectivity index (χ3v) is 5.78. The third-order valence-electron chi connectivity index (χ3n) is 5.78. The van der Waals surface area contributed by atoms with Gasteiger partial charge in [-0.25, -0.2) is 14.8 Å². The fourth-order valence-corrected chi connectivity index (χ4v) is 4.46. The zero-order chi connectivity index (χ0) is 24.7. The number of nitrogens with one attached hydrogen (secondary N) is 2. The molecule has 2 aliphatic rings. The van der Waals surface area contributed by atoms with Crippen LogP contribution >= 0.6 is 0 Å². The molecule has 34 heavy (non-hydrogen) atoms. The van der Waals surface area contributed by atoms with Gasteiger partial charge in [0.05, 0.1) is 35.8 Å². The van der Waals surface area contributed by atoms with Crippen molar-refractivity contribution in [2.75, 3.05) is 11.9 Å². The average molecular weight is 480 g/mol. The zero-order valence-corrected chi connectivity index (χ0v) is 19.2. The fraction of sp³-hybridized carbons (Fsp3) is 0.545. The molecule has 1 saturated heterocycles. The van der Waals surface area contributed by atoms with Crippen molar-refractivity contribution in [1.82, 2.24) is 30.0 Å². The second kappa shape index (κ2) is 8.90. The summed E-state index contributed by atoms with van der Waals surface area (Å²) in [6.45, 7) is 4.28. The first-order valence-corrected chi connectivity index (χ1v) is 11.1. The standard InChI is InChI=1S/C22H28F3N7O2/c1-13-8-26-19(29-15-9-28-31(10-15)12-21(2,3)34)30-18(13)14-6-16-4-5-17(7-14)32(16)20(33)27-11-22(23,24)25/h6,8-10,16-17,34H,4-5,7,11-12H2,1-3H3,(H,27,33)(H,26,29,30). The van der Waals surface area contributed by atoms with Gasteiger partial charge in [-0.15, -0.1) is 0 Å². The van der Waals surface area contributed by atoms with Crippen molar-refractivity contribution in [2.45, 2.75) is 70.4 Å². The van der Waals surface area contributed by atoms with Crippen LogP contribution in [0.3, 0.4) is 0 Å². The Kier molecular flexibility index (Phi) is 6.28. The predicted molar refractivity (Wildman–Crippen MR) is 119 cm³/mol. The number of nitrogens with zero attached hydrogens (tertiary/aromatic N) is 5. The molecule has 2 unspecified atom stereocenters. The normalized spacial score (nSPS) is 20.3. The van der Waals surface area contributed by atoms with Crippen molar-refractivity contribution >= 4 is 23.2 Å². The number of aliphatic hydroxyl groups is 1. The lowest BCUT2D eigenvalue weighted by molar-refractivity contribution is -0.123.